The largest absolute Gasteiger partial charge is 0.481 e. The summed E-state index contributed by atoms with van der Waals surface area (Å²) in [6.45, 7) is 6.04. The molecule has 0 spiro atoms. The van der Waals surface area contributed by atoms with Gasteiger partial charge in [0.2, 0.25) is 5.91 Å². The lowest BCUT2D eigenvalue weighted by Gasteiger charge is -2.28. The summed E-state index contributed by atoms with van der Waals surface area (Å²) < 4.78 is 0. The predicted molar refractivity (Wildman–Crippen MR) is 65.5 cm³/mol. The molecule has 1 amide bonds. The van der Waals surface area contributed by atoms with Crippen molar-refractivity contribution in [3.63, 3.8) is 0 Å². The van der Waals surface area contributed by atoms with Crippen LogP contribution in [-0.2, 0) is 9.59 Å². The average molecular weight is 241 g/mol. The van der Waals surface area contributed by atoms with Crippen LogP contribution in [0.5, 0.6) is 0 Å². The number of carbonyl (C=O) groups excluding carboxylic acids is 1. The second-order valence-electron chi connectivity index (χ2n) is 5.33. The van der Waals surface area contributed by atoms with Gasteiger partial charge in [-0.1, -0.05) is 13.8 Å². The molecule has 0 heterocycles. The summed E-state index contributed by atoms with van der Waals surface area (Å²) >= 11 is 0. The Balaban J connectivity index is 2.77. The van der Waals surface area contributed by atoms with Crippen LogP contribution in [0.4, 0.5) is 0 Å². The fourth-order valence-corrected chi connectivity index (χ4v) is 2.59. The van der Waals surface area contributed by atoms with Crippen LogP contribution < -0.4 is 0 Å². The zero-order chi connectivity index (χ0) is 13.2. The molecule has 0 bridgehead atoms. The van der Waals surface area contributed by atoms with Gasteiger partial charge in [0, 0.05) is 13.1 Å². The average Bonchev–Trinajstić information content (AvgIpc) is 2.68. The van der Waals surface area contributed by atoms with Crippen LogP contribution in [0.15, 0.2) is 0 Å². The third-order valence-corrected chi connectivity index (χ3v) is 4.03. The number of carboxylic acid groups (broad SMARTS) is 1. The molecule has 98 valence electrons. The Hall–Kier alpha value is -1.06. The molecule has 1 fully saturated rings. The lowest BCUT2D eigenvalue weighted by molar-refractivity contribution is -0.149. The monoisotopic (exact) mass is 241 g/mol. The quantitative estimate of drug-likeness (QED) is 0.819. The number of carboxylic acids is 1. The number of amides is 1. The molecule has 0 aromatic heterocycles. The molecule has 0 aromatic rings. The highest BCUT2D eigenvalue weighted by atomic mass is 16.4. The number of nitrogens with zero attached hydrogens (tertiary/aromatic N) is 1. The van der Waals surface area contributed by atoms with Gasteiger partial charge in [-0.3, -0.25) is 9.59 Å². The Morgan fingerprint density at radius 1 is 1.35 bits per heavy atom. The Morgan fingerprint density at radius 3 is 2.35 bits per heavy atom. The maximum Gasteiger partial charge on any atom is 0.307 e. The fraction of sp³-hybridized carbons (Fsp3) is 0.846. The number of carbonyl (C=O) groups is 2. The maximum absolute atomic E-state index is 12.3. The minimum Gasteiger partial charge on any atom is -0.481 e. The van der Waals surface area contributed by atoms with Gasteiger partial charge in [-0.2, -0.15) is 0 Å². The Labute approximate surface area is 103 Å². The first-order chi connectivity index (χ1) is 7.88. The molecule has 0 aromatic carbocycles. The van der Waals surface area contributed by atoms with Crippen molar-refractivity contribution in [1.82, 2.24) is 4.90 Å². The van der Waals surface area contributed by atoms with Crippen molar-refractivity contribution in [2.45, 2.75) is 46.1 Å². The summed E-state index contributed by atoms with van der Waals surface area (Å²) in [5, 5.41) is 9.16. The van der Waals surface area contributed by atoms with Crippen molar-refractivity contribution in [2.75, 3.05) is 7.05 Å². The van der Waals surface area contributed by atoms with Crippen LogP contribution in [0, 0.1) is 17.8 Å². The number of aliphatic carboxylic acids is 1. The van der Waals surface area contributed by atoms with Gasteiger partial charge >= 0.3 is 5.97 Å². The fourth-order valence-electron chi connectivity index (χ4n) is 2.59. The molecule has 4 atom stereocenters. The Kier molecular flexibility index (Phi) is 4.54. The first-order valence-electron chi connectivity index (χ1n) is 6.37. The number of rotatable bonds is 4. The third-order valence-electron chi connectivity index (χ3n) is 4.03. The molecule has 1 aliphatic rings. The van der Waals surface area contributed by atoms with E-state index in [2.05, 4.69) is 0 Å². The molecule has 1 N–H and O–H groups in total. The highest BCUT2D eigenvalue weighted by Crippen LogP contribution is 2.37. The molecule has 1 aliphatic carbocycles. The molecule has 1 saturated carbocycles. The van der Waals surface area contributed by atoms with E-state index in [9.17, 15) is 9.59 Å². The van der Waals surface area contributed by atoms with Gasteiger partial charge in [-0.25, -0.2) is 0 Å². The van der Waals surface area contributed by atoms with E-state index in [1.807, 2.05) is 20.8 Å². The van der Waals surface area contributed by atoms with E-state index >= 15 is 0 Å². The predicted octanol–water partition coefficient (Wildman–Crippen LogP) is 1.99. The van der Waals surface area contributed by atoms with Gasteiger partial charge in [-0.15, -0.1) is 0 Å². The molecule has 4 heteroatoms. The molecule has 0 aliphatic heterocycles. The van der Waals surface area contributed by atoms with Crippen LogP contribution in [0.25, 0.3) is 0 Å². The standard InChI is InChI=1S/C13H23NO3/c1-5-9(3)14(4)12(15)10-6-8(2)7-11(10)13(16)17/h8-11H,5-7H2,1-4H3,(H,16,17). The zero-order valence-electron chi connectivity index (χ0n) is 11.1. The number of hydrogen-bond acceptors (Lipinski definition) is 2. The Morgan fingerprint density at radius 2 is 1.88 bits per heavy atom. The summed E-state index contributed by atoms with van der Waals surface area (Å²) in [5.41, 5.74) is 0. The second-order valence-corrected chi connectivity index (χ2v) is 5.33. The van der Waals surface area contributed by atoms with Crippen LogP contribution in [0.1, 0.15) is 40.0 Å². The van der Waals surface area contributed by atoms with Gasteiger partial charge < -0.3 is 10.0 Å². The van der Waals surface area contributed by atoms with Crippen molar-refractivity contribution in [3.8, 4) is 0 Å². The molecule has 4 nitrogen and oxygen atoms in total. The molecule has 0 radical (unpaired) electrons. The topological polar surface area (TPSA) is 57.6 Å². The van der Waals surface area contributed by atoms with E-state index in [0.29, 0.717) is 18.8 Å². The summed E-state index contributed by atoms with van der Waals surface area (Å²) in [6.07, 6.45) is 2.22. The van der Waals surface area contributed by atoms with Gasteiger partial charge in [0.05, 0.1) is 11.8 Å². The van der Waals surface area contributed by atoms with E-state index in [0.717, 1.165) is 6.42 Å². The third kappa shape index (κ3) is 2.99. The smallest absolute Gasteiger partial charge is 0.307 e. The minimum atomic E-state index is -0.828. The van der Waals surface area contributed by atoms with E-state index in [1.165, 1.54) is 0 Å². The van der Waals surface area contributed by atoms with E-state index in [1.54, 1.807) is 11.9 Å². The van der Waals surface area contributed by atoms with Gasteiger partial charge in [-0.05, 0) is 32.1 Å². The van der Waals surface area contributed by atoms with Crippen LogP contribution >= 0.6 is 0 Å². The van der Waals surface area contributed by atoms with E-state index in [4.69, 9.17) is 5.11 Å². The van der Waals surface area contributed by atoms with Crippen molar-refractivity contribution < 1.29 is 14.7 Å². The van der Waals surface area contributed by atoms with Gasteiger partial charge in [0.1, 0.15) is 0 Å². The van der Waals surface area contributed by atoms with Crippen LogP contribution in [0.3, 0.4) is 0 Å². The zero-order valence-corrected chi connectivity index (χ0v) is 11.1. The maximum atomic E-state index is 12.3. The molecular formula is C13H23NO3. The summed E-state index contributed by atoms with van der Waals surface area (Å²) in [6, 6.07) is 0.174. The van der Waals surface area contributed by atoms with Crippen molar-refractivity contribution in [2.24, 2.45) is 17.8 Å². The van der Waals surface area contributed by atoms with Crippen molar-refractivity contribution in [1.29, 1.82) is 0 Å². The lowest BCUT2D eigenvalue weighted by atomic mass is 9.94. The minimum absolute atomic E-state index is 0.00361. The lowest BCUT2D eigenvalue weighted by Crippen LogP contribution is -2.41. The Bertz CT molecular complexity index is 303. The second kappa shape index (κ2) is 5.52. The first-order valence-corrected chi connectivity index (χ1v) is 6.37. The van der Waals surface area contributed by atoms with Crippen LogP contribution in [0.2, 0.25) is 0 Å². The van der Waals surface area contributed by atoms with Crippen molar-refractivity contribution >= 4 is 11.9 Å². The number of hydrogen-bond donors (Lipinski definition) is 1. The SMILES string of the molecule is CCC(C)N(C)C(=O)C1CC(C)CC1C(=O)O. The molecular weight excluding hydrogens is 218 g/mol. The van der Waals surface area contributed by atoms with E-state index < -0.39 is 11.9 Å². The highest BCUT2D eigenvalue weighted by Gasteiger charge is 2.42. The molecule has 17 heavy (non-hydrogen) atoms. The van der Waals surface area contributed by atoms with Gasteiger partial charge in [0.15, 0.2) is 0 Å². The highest BCUT2D eigenvalue weighted by molar-refractivity contribution is 5.85. The molecule has 1 rings (SSSR count). The van der Waals surface area contributed by atoms with Gasteiger partial charge in [0.25, 0.3) is 0 Å². The summed E-state index contributed by atoms with van der Waals surface area (Å²) in [4.78, 5) is 25.1. The molecule has 0 saturated heterocycles. The van der Waals surface area contributed by atoms with Crippen LogP contribution in [-0.4, -0.2) is 35.0 Å². The first kappa shape index (κ1) is 14.0. The normalized spacial score (nSPS) is 30.0. The van der Waals surface area contributed by atoms with E-state index in [-0.39, 0.29) is 17.9 Å². The molecule has 4 unspecified atom stereocenters. The van der Waals surface area contributed by atoms with Crippen molar-refractivity contribution in [3.05, 3.63) is 0 Å². The summed E-state index contributed by atoms with van der Waals surface area (Å²) in [5.74, 6) is -1.33. The summed E-state index contributed by atoms with van der Waals surface area (Å²) in [7, 11) is 1.78.